The first kappa shape index (κ1) is 36.8. The van der Waals surface area contributed by atoms with Gasteiger partial charge in [0.05, 0.1) is 35.4 Å². The van der Waals surface area contributed by atoms with Gasteiger partial charge < -0.3 is 26.2 Å². The molecule has 1 aromatic carbocycles. The van der Waals surface area contributed by atoms with E-state index in [2.05, 4.69) is 31.0 Å². The lowest BCUT2D eigenvalue weighted by Crippen LogP contribution is -2.47. The summed E-state index contributed by atoms with van der Waals surface area (Å²) < 4.78 is 43.8. The zero-order valence-electron chi connectivity index (χ0n) is 27.8. The molecule has 1 saturated heterocycles. The van der Waals surface area contributed by atoms with Gasteiger partial charge in [-0.15, -0.1) is 0 Å². The van der Waals surface area contributed by atoms with Crippen LogP contribution in [0.5, 0.6) is 0 Å². The summed E-state index contributed by atoms with van der Waals surface area (Å²) in [5.41, 5.74) is -0.552. The molecule has 1 aliphatic heterocycles. The average Bonchev–Trinajstić information content (AvgIpc) is 3.69. The number of unbranched alkanes of at least 4 members (excludes halogenated alkanes) is 2. The maximum Gasteiger partial charge on any atom is 0.435 e. The summed E-state index contributed by atoms with van der Waals surface area (Å²) in [4.78, 5) is 45.4. The molecule has 1 aliphatic rings. The molecule has 3 aromatic heterocycles. The SMILES string of the molecule is CCc1cc(Nc2nccn3c(-c4cn(CC#N)nc4C(F)(F)F)cnc23)ccc1C(=O)NCCCCCC(CC(=O)O)(CC1CNC1)C(=O)O. The summed E-state index contributed by atoms with van der Waals surface area (Å²) in [5, 5.41) is 41.0. The van der Waals surface area contributed by atoms with Crippen LogP contribution in [0.2, 0.25) is 0 Å². The number of anilines is 2. The van der Waals surface area contributed by atoms with Gasteiger partial charge in [0.2, 0.25) is 0 Å². The van der Waals surface area contributed by atoms with E-state index in [1.165, 1.54) is 23.0 Å². The lowest BCUT2D eigenvalue weighted by Gasteiger charge is -2.36. The third kappa shape index (κ3) is 8.46. The summed E-state index contributed by atoms with van der Waals surface area (Å²) in [6.45, 7) is 3.26. The molecule has 270 valence electrons. The predicted octanol–water partition coefficient (Wildman–Crippen LogP) is 4.89. The fraction of sp³-hybridized carbons (Fsp3) is 0.441. The van der Waals surface area contributed by atoms with Crippen molar-refractivity contribution in [3.8, 4) is 17.3 Å². The van der Waals surface area contributed by atoms with Crippen LogP contribution in [0, 0.1) is 22.7 Å². The van der Waals surface area contributed by atoms with Crippen LogP contribution in [-0.2, 0) is 28.7 Å². The number of nitriles is 1. The highest BCUT2D eigenvalue weighted by molar-refractivity contribution is 5.96. The summed E-state index contributed by atoms with van der Waals surface area (Å²) in [6.07, 6.45) is 2.95. The van der Waals surface area contributed by atoms with Gasteiger partial charge >= 0.3 is 18.1 Å². The summed E-state index contributed by atoms with van der Waals surface area (Å²) >= 11 is 0. The number of hydrogen-bond acceptors (Lipinski definition) is 9. The number of hydrogen-bond donors (Lipinski definition) is 5. The first-order valence-electron chi connectivity index (χ1n) is 16.5. The minimum absolute atomic E-state index is 0.112. The molecule has 0 aliphatic carbocycles. The Balaban J connectivity index is 1.21. The normalized spacial score (nSPS) is 14.4. The first-order valence-corrected chi connectivity index (χ1v) is 16.5. The third-order valence-corrected chi connectivity index (χ3v) is 9.07. The number of aliphatic carboxylic acids is 2. The van der Waals surface area contributed by atoms with E-state index in [9.17, 15) is 37.8 Å². The molecule has 51 heavy (non-hydrogen) atoms. The van der Waals surface area contributed by atoms with E-state index < -0.39 is 35.6 Å². The van der Waals surface area contributed by atoms with Crippen LogP contribution in [0.15, 0.2) is 43.0 Å². The summed E-state index contributed by atoms with van der Waals surface area (Å²) in [7, 11) is 0. The second-order valence-electron chi connectivity index (χ2n) is 12.7. The van der Waals surface area contributed by atoms with Crippen molar-refractivity contribution in [1.82, 2.24) is 34.8 Å². The largest absolute Gasteiger partial charge is 0.481 e. The average molecular weight is 710 g/mol. The minimum atomic E-state index is -4.76. The Morgan fingerprint density at radius 3 is 2.57 bits per heavy atom. The third-order valence-electron chi connectivity index (χ3n) is 9.07. The molecule has 1 atom stereocenters. The van der Waals surface area contributed by atoms with Crippen molar-refractivity contribution in [1.29, 1.82) is 5.26 Å². The zero-order valence-corrected chi connectivity index (χ0v) is 27.8. The van der Waals surface area contributed by atoms with Gasteiger partial charge in [0.15, 0.2) is 17.2 Å². The van der Waals surface area contributed by atoms with E-state index in [-0.39, 0.29) is 47.5 Å². The number of aromatic nitrogens is 5. The quantitative estimate of drug-likeness (QED) is 0.0936. The van der Waals surface area contributed by atoms with Gasteiger partial charge in [0.25, 0.3) is 5.91 Å². The van der Waals surface area contributed by atoms with Crippen LogP contribution in [-0.4, -0.2) is 71.8 Å². The number of benzene rings is 1. The number of halogens is 3. The van der Waals surface area contributed by atoms with Crippen LogP contribution in [0.1, 0.15) is 67.1 Å². The number of amides is 1. The fourth-order valence-electron chi connectivity index (χ4n) is 6.43. The molecule has 1 unspecified atom stereocenters. The van der Waals surface area contributed by atoms with Crippen molar-refractivity contribution in [3.05, 3.63) is 59.8 Å². The van der Waals surface area contributed by atoms with Gasteiger partial charge in [-0.1, -0.05) is 19.8 Å². The molecule has 5 rings (SSSR count). The Bertz CT molecular complexity index is 1950. The molecule has 4 aromatic rings. The molecule has 1 fully saturated rings. The molecule has 5 N–H and O–H groups in total. The molecule has 17 heteroatoms. The van der Waals surface area contributed by atoms with E-state index in [1.54, 1.807) is 24.3 Å². The van der Waals surface area contributed by atoms with E-state index in [0.717, 1.165) is 16.4 Å². The number of nitrogens with one attached hydrogen (secondary N) is 3. The lowest BCUT2D eigenvalue weighted by molar-refractivity contribution is -0.158. The summed E-state index contributed by atoms with van der Waals surface area (Å²) in [5.74, 6) is -2.09. The number of carbonyl (C=O) groups is 3. The number of carboxylic acid groups (broad SMARTS) is 2. The van der Waals surface area contributed by atoms with Gasteiger partial charge in [-0.25, -0.2) is 9.97 Å². The number of fused-ring (bicyclic) bond motifs is 1. The van der Waals surface area contributed by atoms with Crippen molar-refractivity contribution in [2.75, 3.05) is 25.0 Å². The Hall–Kier alpha value is -5.50. The molecular formula is C34H38F3N9O5. The molecular weight excluding hydrogens is 671 g/mol. The second kappa shape index (κ2) is 15.6. The van der Waals surface area contributed by atoms with E-state index >= 15 is 0 Å². The second-order valence-corrected chi connectivity index (χ2v) is 12.7. The van der Waals surface area contributed by atoms with Gasteiger partial charge in [0.1, 0.15) is 6.54 Å². The molecule has 0 spiro atoms. The Labute approximate surface area is 290 Å². The molecule has 0 saturated carbocycles. The molecule has 0 radical (unpaired) electrons. The number of aryl methyl sites for hydroxylation is 1. The number of rotatable bonds is 17. The highest BCUT2D eigenvalue weighted by atomic mass is 19.4. The highest BCUT2D eigenvalue weighted by Gasteiger charge is 2.43. The zero-order chi connectivity index (χ0) is 36.8. The molecule has 0 bridgehead atoms. The van der Waals surface area contributed by atoms with Crippen LogP contribution >= 0.6 is 0 Å². The van der Waals surface area contributed by atoms with Gasteiger partial charge in [-0.05, 0) is 68.5 Å². The lowest BCUT2D eigenvalue weighted by atomic mass is 9.71. The van der Waals surface area contributed by atoms with Crippen LogP contribution in [0.4, 0.5) is 24.7 Å². The Morgan fingerprint density at radius 1 is 1.14 bits per heavy atom. The smallest absolute Gasteiger partial charge is 0.435 e. The van der Waals surface area contributed by atoms with Gasteiger partial charge in [-0.2, -0.15) is 23.5 Å². The predicted molar refractivity (Wildman–Crippen MR) is 178 cm³/mol. The van der Waals surface area contributed by atoms with Crippen molar-refractivity contribution in [3.63, 3.8) is 0 Å². The standard InChI is InChI=1S/C34H38F3N9O5/c1-2-22-14-23(43-29-30-42-19-26(46(30)13-11-40-29)25-20-45(12-9-38)44-28(25)34(35,36)37)6-7-24(22)31(49)41-10-5-3-4-8-33(32(50)51,16-27(47)48)15-21-17-39-18-21/h6-7,11,13-14,19-21,39H,2-5,8,10,12,15-18H2,1H3,(H,40,43)(H,41,49)(H,47,48)(H,50,51). The fourth-order valence-corrected chi connectivity index (χ4v) is 6.43. The van der Waals surface area contributed by atoms with Crippen molar-refractivity contribution in [2.45, 2.75) is 64.6 Å². The minimum Gasteiger partial charge on any atom is -0.481 e. The number of alkyl halides is 3. The summed E-state index contributed by atoms with van der Waals surface area (Å²) in [6, 6.07) is 6.91. The Kier molecular flexibility index (Phi) is 11.2. The number of nitrogens with zero attached hydrogens (tertiary/aromatic N) is 6. The highest BCUT2D eigenvalue weighted by Crippen LogP contribution is 2.39. The van der Waals surface area contributed by atoms with E-state index in [4.69, 9.17) is 5.26 Å². The van der Waals surface area contributed by atoms with Crippen LogP contribution in [0.25, 0.3) is 16.9 Å². The van der Waals surface area contributed by atoms with Gasteiger partial charge in [0, 0.05) is 36.4 Å². The Morgan fingerprint density at radius 2 is 1.92 bits per heavy atom. The number of carbonyl (C=O) groups excluding carboxylic acids is 1. The van der Waals surface area contributed by atoms with Crippen molar-refractivity contribution in [2.24, 2.45) is 11.3 Å². The van der Waals surface area contributed by atoms with E-state index in [0.29, 0.717) is 63.0 Å². The topological polar surface area (TPSA) is 200 Å². The molecule has 1 amide bonds. The van der Waals surface area contributed by atoms with Crippen molar-refractivity contribution >= 4 is 35.0 Å². The molecule has 4 heterocycles. The maximum atomic E-state index is 13.8. The van der Waals surface area contributed by atoms with Gasteiger partial charge in [-0.3, -0.25) is 23.5 Å². The van der Waals surface area contributed by atoms with Crippen molar-refractivity contribution < 1.29 is 37.8 Å². The van der Waals surface area contributed by atoms with Crippen LogP contribution in [0.3, 0.4) is 0 Å². The van der Waals surface area contributed by atoms with E-state index in [1.807, 2.05) is 6.92 Å². The maximum absolute atomic E-state index is 13.8. The molecule has 14 nitrogen and oxygen atoms in total. The monoisotopic (exact) mass is 709 g/mol. The number of imidazole rings is 1. The number of carboxylic acids is 2. The first-order chi connectivity index (χ1) is 24.3. The van der Waals surface area contributed by atoms with Crippen LogP contribution < -0.4 is 16.0 Å².